The van der Waals surface area contributed by atoms with Gasteiger partial charge in [-0.25, -0.2) is 9.97 Å². The number of aromatic nitrogens is 2. The molecular formula is C19H22ClN5O. The van der Waals surface area contributed by atoms with E-state index in [0.29, 0.717) is 10.9 Å². The van der Waals surface area contributed by atoms with Gasteiger partial charge in [-0.1, -0.05) is 23.7 Å². The van der Waals surface area contributed by atoms with Crippen molar-refractivity contribution >= 4 is 17.4 Å². The molecule has 2 bridgehead atoms. The molecule has 4 fully saturated rings. The average molecular weight is 372 g/mol. The van der Waals surface area contributed by atoms with E-state index in [1.807, 2.05) is 30.3 Å². The number of ether oxygens (including phenoxy) is 1. The summed E-state index contributed by atoms with van der Waals surface area (Å²) < 4.78 is 6.34. The highest BCUT2D eigenvalue weighted by Gasteiger charge is 2.54. The smallest absolute Gasteiger partial charge is 0.186 e. The second kappa shape index (κ2) is 6.16. The van der Waals surface area contributed by atoms with Crippen LogP contribution in [0.3, 0.4) is 0 Å². The maximum Gasteiger partial charge on any atom is 0.186 e. The summed E-state index contributed by atoms with van der Waals surface area (Å²) in [5.41, 5.74) is 8.06. The fourth-order valence-electron chi connectivity index (χ4n) is 4.65. The normalized spacial score (nSPS) is 33.2. The van der Waals surface area contributed by atoms with Crippen molar-refractivity contribution in [3.05, 3.63) is 41.7 Å². The Morgan fingerprint density at radius 1 is 1.12 bits per heavy atom. The Bertz CT molecular complexity index is 808. The van der Waals surface area contributed by atoms with Crippen LogP contribution in [-0.2, 0) is 4.74 Å². The molecule has 6 rings (SSSR count). The van der Waals surface area contributed by atoms with E-state index in [-0.39, 0.29) is 5.60 Å². The van der Waals surface area contributed by atoms with Gasteiger partial charge in [-0.2, -0.15) is 0 Å². The molecule has 2 aromatic rings. The molecule has 1 spiro atoms. The van der Waals surface area contributed by atoms with E-state index in [1.165, 1.54) is 25.9 Å². The van der Waals surface area contributed by atoms with Crippen LogP contribution < -0.4 is 10.6 Å². The van der Waals surface area contributed by atoms with Crippen molar-refractivity contribution in [2.24, 2.45) is 11.7 Å². The zero-order chi connectivity index (χ0) is 17.7. The fourth-order valence-corrected chi connectivity index (χ4v) is 4.78. The summed E-state index contributed by atoms with van der Waals surface area (Å²) in [7, 11) is 0. The molecule has 0 saturated carbocycles. The molecule has 1 aromatic heterocycles. The van der Waals surface area contributed by atoms with E-state index in [4.69, 9.17) is 22.1 Å². The number of fused-ring (bicyclic) bond motifs is 2. The first kappa shape index (κ1) is 16.4. The van der Waals surface area contributed by atoms with Crippen molar-refractivity contribution in [2.45, 2.75) is 24.8 Å². The van der Waals surface area contributed by atoms with Crippen LogP contribution >= 0.6 is 11.6 Å². The maximum absolute atomic E-state index is 6.36. The van der Waals surface area contributed by atoms with Gasteiger partial charge in [0.2, 0.25) is 0 Å². The van der Waals surface area contributed by atoms with Crippen molar-refractivity contribution in [3.63, 3.8) is 0 Å². The molecule has 6 nitrogen and oxygen atoms in total. The van der Waals surface area contributed by atoms with Gasteiger partial charge in [-0.3, -0.25) is 5.73 Å². The maximum atomic E-state index is 6.36. The molecule has 2 atom stereocenters. The lowest BCUT2D eigenvalue weighted by atomic mass is 9.75. The Balaban J connectivity index is 1.43. The van der Waals surface area contributed by atoms with Gasteiger partial charge in [0.05, 0.1) is 12.2 Å². The summed E-state index contributed by atoms with van der Waals surface area (Å²) >= 11 is 5.99. The molecule has 7 heteroatoms. The van der Waals surface area contributed by atoms with Crippen molar-refractivity contribution in [1.29, 1.82) is 0 Å². The Hall–Kier alpha value is -1.73. The van der Waals surface area contributed by atoms with Gasteiger partial charge in [-0.05, 0) is 44.0 Å². The summed E-state index contributed by atoms with van der Waals surface area (Å²) in [6, 6.07) is 9.64. The van der Waals surface area contributed by atoms with Crippen LogP contribution in [0, 0.1) is 5.92 Å². The van der Waals surface area contributed by atoms with Crippen molar-refractivity contribution in [2.75, 3.05) is 31.1 Å². The lowest BCUT2D eigenvalue weighted by Gasteiger charge is -2.50. The summed E-state index contributed by atoms with van der Waals surface area (Å²) in [6.07, 6.45) is 3.51. The van der Waals surface area contributed by atoms with E-state index in [0.717, 1.165) is 30.2 Å². The molecule has 0 aliphatic carbocycles. The highest BCUT2D eigenvalue weighted by atomic mass is 35.5. The number of piperidine rings is 3. The van der Waals surface area contributed by atoms with Gasteiger partial charge in [0.1, 0.15) is 17.7 Å². The third kappa shape index (κ3) is 2.68. The number of rotatable bonds is 2. The fraction of sp³-hybridized carbons (Fsp3) is 0.474. The summed E-state index contributed by atoms with van der Waals surface area (Å²) in [5, 5.41) is 0.710. The van der Waals surface area contributed by atoms with Crippen LogP contribution in [0.5, 0.6) is 0 Å². The molecule has 2 N–H and O–H groups in total. The molecule has 4 saturated heterocycles. The average Bonchev–Trinajstić information content (AvgIpc) is 2.99. The van der Waals surface area contributed by atoms with E-state index < -0.39 is 6.35 Å². The number of hydrogen-bond acceptors (Lipinski definition) is 6. The molecule has 0 radical (unpaired) electrons. The Morgan fingerprint density at radius 3 is 2.58 bits per heavy atom. The van der Waals surface area contributed by atoms with E-state index in [1.54, 1.807) is 6.33 Å². The molecule has 4 aliphatic heterocycles. The van der Waals surface area contributed by atoms with Crippen LogP contribution in [-0.4, -0.2) is 53.0 Å². The zero-order valence-electron chi connectivity index (χ0n) is 14.5. The van der Waals surface area contributed by atoms with Crippen LogP contribution in [0.4, 0.5) is 5.82 Å². The van der Waals surface area contributed by atoms with E-state index in [9.17, 15) is 0 Å². The van der Waals surface area contributed by atoms with Crippen molar-refractivity contribution < 1.29 is 4.74 Å². The first-order chi connectivity index (χ1) is 12.6. The van der Waals surface area contributed by atoms with Gasteiger partial charge < -0.3 is 14.5 Å². The van der Waals surface area contributed by atoms with Crippen LogP contribution in [0.2, 0.25) is 5.02 Å². The van der Waals surface area contributed by atoms with E-state index >= 15 is 0 Å². The highest BCUT2D eigenvalue weighted by molar-refractivity contribution is 6.30. The molecule has 4 aliphatic rings. The summed E-state index contributed by atoms with van der Waals surface area (Å²) in [6.45, 7) is 4.11. The number of anilines is 1. The zero-order valence-corrected chi connectivity index (χ0v) is 15.3. The van der Waals surface area contributed by atoms with Gasteiger partial charge in [-0.15, -0.1) is 0 Å². The minimum absolute atomic E-state index is 0.165. The quantitative estimate of drug-likeness (QED) is 0.874. The van der Waals surface area contributed by atoms with Gasteiger partial charge in [0.15, 0.2) is 6.35 Å². The number of nitrogens with zero attached hydrogens (tertiary/aromatic N) is 4. The Labute approximate surface area is 157 Å². The molecule has 5 heterocycles. The SMILES string of the molecule is NC1OC2(CN3CCC2CC3)CN1c1cc(-c2ccc(Cl)cc2)ncn1. The molecule has 2 unspecified atom stereocenters. The third-order valence-electron chi connectivity index (χ3n) is 6.01. The molecule has 1 aromatic carbocycles. The minimum Gasteiger partial charge on any atom is -0.335 e. The van der Waals surface area contributed by atoms with E-state index in [2.05, 4.69) is 19.8 Å². The second-order valence-corrected chi connectivity index (χ2v) is 7.96. The molecule has 26 heavy (non-hydrogen) atoms. The van der Waals surface area contributed by atoms with Crippen LogP contribution in [0.25, 0.3) is 11.3 Å². The van der Waals surface area contributed by atoms with Crippen molar-refractivity contribution in [1.82, 2.24) is 14.9 Å². The van der Waals surface area contributed by atoms with Gasteiger partial charge in [0.25, 0.3) is 0 Å². The Morgan fingerprint density at radius 2 is 1.88 bits per heavy atom. The molecule has 0 amide bonds. The monoisotopic (exact) mass is 371 g/mol. The number of nitrogens with two attached hydrogens (primary N) is 1. The van der Waals surface area contributed by atoms with Crippen molar-refractivity contribution in [3.8, 4) is 11.3 Å². The predicted molar refractivity (Wildman–Crippen MR) is 101 cm³/mol. The largest absolute Gasteiger partial charge is 0.335 e. The lowest BCUT2D eigenvalue weighted by Crippen LogP contribution is -2.61. The third-order valence-corrected chi connectivity index (χ3v) is 6.26. The first-order valence-electron chi connectivity index (χ1n) is 9.13. The highest BCUT2D eigenvalue weighted by Crippen LogP contribution is 2.43. The minimum atomic E-state index is -0.469. The number of benzene rings is 1. The summed E-state index contributed by atoms with van der Waals surface area (Å²) in [4.78, 5) is 13.4. The topological polar surface area (TPSA) is 67.5 Å². The molecule has 136 valence electrons. The standard InChI is InChI=1S/C19H22ClN5O/c20-15-3-1-13(2-4-15)16-9-17(23-12-22-16)25-11-19(26-18(25)21)10-24-7-5-14(19)6-8-24/h1-4,9,12,14,18H,5-8,10-11,21H2. The lowest BCUT2D eigenvalue weighted by molar-refractivity contribution is -0.137. The number of hydrogen-bond donors (Lipinski definition) is 1. The van der Waals surface area contributed by atoms with Gasteiger partial charge >= 0.3 is 0 Å². The second-order valence-electron chi connectivity index (χ2n) is 7.52. The molecular weight excluding hydrogens is 350 g/mol. The predicted octanol–water partition coefficient (Wildman–Crippen LogP) is 2.34. The first-order valence-corrected chi connectivity index (χ1v) is 9.51. The van der Waals surface area contributed by atoms with Crippen LogP contribution in [0.1, 0.15) is 12.8 Å². The Kier molecular flexibility index (Phi) is 3.90. The van der Waals surface area contributed by atoms with Crippen LogP contribution in [0.15, 0.2) is 36.7 Å². The summed E-state index contributed by atoms with van der Waals surface area (Å²) in [5.74, 6) is 1.40. The number of halogens is 1. The van der Waals surface area contributed by atoms with Gasteiger partial charge in [0, 0.05) is 23.2 Å².